The van der Waals surface area contributed by atoms with Crippen LogP contribution in [0.15, 0.2) is 24.3 Å². The Balaban J connectivity index is 0.00000162. The van der Waals surface area contributed by atoms with Gasteiger partial charge in [-0.05, 0) is 38.3 Å². The molecule has 4 heteroatoms. The fourth-order valence-corrected chi connectivity index (χ4v) is 1.98. The Labute approximate surface area is 109 Å². The smallest absolute Gasteiger partial charge is 0.410 e. The quantitative estimate of drug-likeness (QED) is 0.769. The molecule has 0 saturated carbocycles. The fraction of sp³-hybridized carbons (Fsp3) is 0.500. The summed E-state index contributed by atoms with van der Waals surface area (Å²) < 4.78 is 5.38. The number of benzene rings is 1. The van der Waals surface area contributed by atoms with Crippen molar-refractivity contribution < 1.29 is 9.53 Å². The second-order valence-corrected chi connectivity index (χ2v) is 5.42. The third-order valence-corrected chi connectivity index (χ3v) is 2.78. The van der Waals surface area contributed by atoms with Crippen molar-refractivity contribution in [2.75, 3.05) is 6.54 Å². The SMILES string of the molecule is CC(C)(C)OC(=O)N1CCc2ccccc2C1.N. The molecule has 1 aromatic rings. The lowest BCUT2D eigenvalue weighted by Crippen LogP contribution is -2.39. The standard InChI is InChI=1S/C14H19NO2.H3N/c1-14(2,3)17-13(16)15-9-8-11-6-4-5-7-12(11)10-15;/h4-7H,8-10H2,1-3H3;1H3. The molecule has 0 fully saturated rings. The third kappa shape index (κ3) is 3.47. The lowest BCUT2D eigenvalue weighted by Gasteiger charge is -2.31. The second-order valence-electron chi connectivity index (χ2n) is 5.42. The number of carbonyl (C=O) groups is 1. The van der Waals surface area contributed by atoms with Gasteiger partial charge in [0.15, 0.2) is 0 Å². The van der Waals surface area contributed by atoms with Gasteiger partial charge in [0.2, 0.25) is 0 Å². The van der Waals surface area contributed by atoms with Crippen LogP contribution < -0.4 is 6.15 Å². The van der Waals surface area contributed by atoms with Gasteiger partial charge in [-0.3, -0.25) is 0 Å². The van der Waals surface area contributed by atoms with Crippen LogP contribution in [0, 0.1) is 0 Å². The van der Waals surface area contributed by atoms with Gasteiger partial charge in [-0.1, -0.05) is 24.3 Å². The molecule has 0 aromatic heterocycles. The topological polar surface area (TPSA) is 64.5 Å². The summed E-state index contributed by atoms with van der Waals surface area (Å²) in [6.07, 6.45) is 0.696. The summed E-state index contributed by atoms with van der Waals surface area (Å²) in [5, 5.41) is 0. The molecule has 1 aliphatic heterocycles. The number of rotatable bonds is 0. The highest BCUT2D eigenvalue weighted by Gasteiger charge is 2.25. The highest BCUT2D eigenvalue weighted by Crippen LogP contribution is 2.20. The number of ether oxygens (including phenoxy) is 1. The fourth-order valence-electron chi connectivity index (χ4n) is 1.98. The first-order chi connectivity index (χ1) is 7.96. The van der Waals surface area contributed by atoms with Gasteiger partial charge < -0.3 is 15.8 Å². The van der Waals surface area contributed by atoms with E-state index in [1.807, 2.05) is 32.9 Å². The zero-order valence-electron chi connectivity index (χ0n) is 11.4. The van der Waals surface area contributed by atoms with Gasteiger partial charge in [-0.2, -0.15) is 0 Å². The summed E-state index contributed by atoms with van der Waals surface area (Å²) >= 11 is 0. The van der Waals surface area contributed by atoms with Crippen LogP contribution in [-0.2, 0) is 17.7 Å². The Bertz CT molecular complexity index is 424. The number of amides is 1. The van der Waals surface area contributed by atoms with Crippen molar-refractivity contribution in [1.82, 2.24) is 11.1 Å². The first-order valence-electron chi connectivity index (χ1n) is 6.00. The summed E-state index contributed by atoms with van der Waals surface area (Å²) in [5.74, 6) is 0. The van der Waals surface area contributed by atoms with Crippen molar-refractivity contribution in [2.24, 2.45) is 0 Å². The summed E-state index contributed by atoms with van der Waals surface area (Å²) in [7, 11) is 0. The van der Waals surface area contributed by atoms with Crippen LogP contribution in [0.1, 0.15) is 31.9 Å². The van der Waals surface area contributed by atoms with Crippen LogP contribution in [-0.4, -0.2) is 23.1 Å². The Morgan fingerprint density at radius 3 is 2.44 bits per heavy atom. The van der Waals surface area contributed by atoms with E-state index in [-0.39, 0.29) is 12.2 Å². The van der Waals surface area contributed by atoms with Gasteiger partial charge in [0.05, 0.1) is 0 Å². The van der Waals surface area contributed by atoms with E-state index in [1.165, 1.54) is 11.1 Å². The summed E-state index contributed by atoms with van der Waals surface area (Å²) in [5.41, 5.74) is 2.14. The zero-order valence-corrected chi connectivity index (χ0v) is 11.4. The van der Waals surface area contributed by atoms with E-state index < -0.39 is 5.60 Å². The largest absolute Gasteiger partial charge is 0.444 e. The Kier molecular flexibility index (Phi) is 4.35. The molecule has 1 aliphatic rings. The van der Waals surface area contributed by atoms with Gasteiger partial charge in [0, 0.05) is 13.1 Å². The first kappa shape index (κ1) is 14.5. The van der Waals surface area contributed by atoms with Crippen molar-refractivity contribution >= 4 is 6.09 Å². The number of nitrogens with zero attached hydrogens (tertiary/aromatic N) is 1. The first-order valence-corrected chi connectivity index (χ1v) is 6.00. The Morgan fingerprint density at radius 2 is 1.83 bits per heavy atom. The highest BCUT2D eigenvalue weighted by atomic mass is 16.6. The van der Waals surface area contributed by atoms with Gasteiger partial charge in [0.25, 0.3) is 0 Å². The monoisotopic (exact) mass is 250 g/mol. The van der Waals surface area contributed by atoms with E-state index in [0.717, 1.165) is 13.0 Å². The Hall–Kier alpha value is -1.55. The maximum atomic E-state index is 11.9. The van der Waals surface area contributed by atoms with Crippen LogP contribution in [0.3, 0.4) is 0 Å². The summed E-state index contributed by atoms with van der Waals surface area (Å²) in [6.45, 7) is 7.07. The molecule has 2 rings (SSSR count). The highest BCUT2D eigenvalue weighted by molar-refractivity contribution is 5.68. The Morgan fingerprint density at radius 1 is 1.22 bits per heavy atom. The van der Waals surface area contributed by atoms with E-state index in [9.17, 15) is 4.79 Å². The van der Waals surface area contributed by atoms with Crippen LogP contribution in [0.25, 0.3) is 0 Å². The van der Waals surface area contributed by atoms with Crippen molar-refractivity contribution in [3.8, 4) is 0 Å². The van der Waals surface area contributed by atoms with Gasteiger partial charge in [-0.15, -0.1) is 0 Å². The van der Waals surface area contributed by atoms with Crippen molar-refractivity contribution in [3.05, 3.63) is 35.4 Å². The lowest BCUT2D eigenvalue weighted by atomic mass is 10.0. The molecule has 4 nitrogen and oxygen atoms in total. The summed E-state index contributed by atoms with van der Waals surface area (Å²) in [6, 6.07) is 8.26. The number of hydrogen-bond acceptors (Lipinski definition) is 3. The predicted molar refractivity (Wildman–Crippen MR) is 71.8 cm³/mol. The summed E-state index contributed by atoms with van der Waals surface area (Å²) in [4.78, 5) is 13.7. The average Bonchev–Trinajstić information content (AvgIpc) is 2.26. The van der Waals surface area contributed by atoms with E-state index in [0.29, 0.717) is 6.54 Å². The minimum atomic E-state index is -0.423. The van der Waals surface area contributed by atoms with E-state index in [1.54, 1.807) is 4.90 Å². The molecule has 1 aromatic carbocycles. The molecule has 3 N–H and O–H groups in total. The molecule has 100 valence electrons. The van der Waals surface area contributed by atoms with Crippen molar-refractivity contribution in [2.45, 2.75) is 39.3 Å². The van der Waals surface area contributed by atoms with E-state index >= 15 is 0 Å². The molecule has 1 amide bonds. The van der Waals surface area contributed by atoms with Crippen LogP contribution >= 0.6 is 0 Å². The number of hydrogen-bond donors (Lipinski definition) is 1. The minimum Gasteiger partial charge on any atom is -0.444 e. The average molecular weight is 250 g/mol. The second kappa shape index (κ2) is 5.40. The van der Waals surface area contributed by atoms with Crippen LogP contribution in [0.4, 0.5) is 4.79 Å². The number of fused-ring (bicyclic) bond motifs is 1. The van der Waals surface area contributed by atoms with Crippen LogP contribution in [0.2, 0.25) is 0 Å². The zero-order chi connectivity index (χ0) is 12.5. The molecule has 0 saturated heterocycles. The molecule has 18 heavy (non-hydrogen) atoms. The molecule has 1 heterocycles. The van der Waals surface area contributed by atoms with Gasteiger partial charge in [-0.25, -0.2) is 4.79 Å². The van der Waals surface area contributed by atoms with Gasteiger partial charge in [0.1, 0.15) is 5.60 Å². The molecular weight excluding hydrogens is 228 g/mol. The maximum Gasteiger partial charge on any atom is 0.410 e. The maximum absolute atomic E-state index is 11.9. The van der Waals surface area contributed by atoms with Gasteiger partial charge >= 0.3 is 6.09 Å². The molecular formula is C14H22N2O2. The molecule has 0 atom stereocenters. The number of carbonyl (C=O) groups excluding carboxylic acids is 1. The molecule has 0 aliphatic carbocycles. The third-order valence-electron chi connectivity index (χ3n) is 2.78. The lowest BCUT2D eigenvalue weighted by molar-refractivity contribution is 0.0224. The molecule has 0 spiro atoms. The van der Waals surface area contributed by atoms with E-state index in [4.69, 9.17) is 4.74 Å². The predicted octanol–water partition coefficient (Wildman–Crippen LogP) is 3.14. The van der Waals surface area contributed by atoms with Crippen LogP contribution in [0.5, 0.6) is 0 Å². The molecule has 0 unspecified atom stereocenters. The van der Waals surface area contributed by atoms with Crippen molar-refractivity contribution in [1.29, 1.82) is 0 Å². The normalized spacial score (nSPS) is 14.5. The van der Waals surface area contributed by atoms with Crippen molar-refractivity contribution in [3.63, 3.8) is 0 Å². The van der Waals surface area contributed by atoms with E-state index in [2.05, 4.69) is 12.1 Å². The minimum absolute atomic E-state index is 0. The molecule has 0 radical (unpaired) electrons. The molecule has 0 bridgehead atoms.